The maximum absolute atomic E-state index is 11.3. The van der Waals surface area contributed by atoms with Crippen LogP contribution in [0, 0.1) is 11.3 Å². The molecule has 0 aliphatic carbocycles. The minimum atomic E-state index is -0.745. The number of nitrogens with one attached hydrogen (secondary N) is 1. The van der Waals surface area contributed by atoms with Crippen molar-refractivity contribution in [3.8, 4) is 28.3 Å². The van der Waals surface area contributed by atoms with Gasteiger partial charge in [0.05, 0.1) is 0 Å². The number of fused-ring (bicyclic) bond motifs is 1. The number of nitrogens with zero attached hydrogens (tertiary/aromatic N) is 3. The van der Waals surface area contributed by atoms with Crippen LogP contribution >= 0.6 is 0 Å². The number of rotatable bonds is 5. The van der Waals surface area contributed by atoms with Gasteiger partial charge in [0, 0.05) is 46.9 Å². The van der Waals surface area contributed by atoms with E-state index in [9.17, 15) is 4.79 Å². The molecule has 30 heavy (non-hydrogen) atoms. The first-order chi connectivity index (χ1) is 14.6. The minimum absolute atomic E-state index is 0.0862. The molecule has 146 valence electrons. The number of aromatic amines is 1. The van der Waals surface area contributed by atoms with Crippen LogP contribution in [-0.4, -0.2) is 20.9 Å². The number of benzene rings is 1. The van der Waals surface area contributed by atoms with Crippen molar-refractivity contribution in [3.63, 3.8) is 0 Å². The summed E-state index contributed by atoms with van der Waals surface area (Å²) in [6.07, 6.45) is 9.88. The third-order valence-electron chi connectivity index (χ3n) is 4.96. The summed E-state index contributed by atoms with van der Waals surface area (Å²) in [5, 5.41) is 10.1. The molecular weight excluding hydrogens is 374 g/mol. The number of hydrogen-bond acceptors (Lipinski definition) is 4. The van der Waals surface area contributed by atoms with Crippen LogP contribution in [0.15, 0.2) is 66.8 Å². The molecule has 0 spiro atoms. The van der Waals surface area contributed by atoms with Crippen LogP contribution < -0.4 is 5.73 Å². The van der Waals surface area contributed by atoms with Gasteiger partial charge in [0.2, 0.25) is 0 Å². The summed E-state index contributed by atoms with van der Waals surface area (Å²) in [6.45, 7) is 2.10. The zero-order valence-electron chi connectivity index (χ0n) is 16.4. The molecule has 0 bridgehead atoms. The number of nitriles is 1. The van der Waals surface area contributed by atoms with Crippen molar-refractivity contribution in [1.82, 2.24) is 15.0 Å². The van der Waals surface area contributed by atoms with Crippen LogP contribution in [0.5, 0.6) is 0 Å². The Morgan fingerprint density at radius 1 is 1.17 bits per heavy atom. The lowest BCUT2D eigenvalue weighted by Gasteiger charge is -2.06. The summed E-state index contributed by atoms with van der Waals surface area (Å²) >= 11 is 0. The van der Waals surface area contributed by atoms with Crippen molar-refractivity contribution in [3.05, 3.63) is 77.9 Å². The Balaban J connectivity index is 1.79. The Kier molecular flexibility index (Phi) is 5.10. The number of pyridine rings is 2. The molecule has 0 atom stereocenters. The zero-order valence-corrected chi connectivity index (χ0v) is 16.4. The molecule has 3 N–H and O–H groups in total. The van der Waals surface area contributed by atoms with Crippen molar-refractivity contribution in [1.29, 1.82) is 5.26 Å². The van der Waals surface area contributed by atoms with E-state index in [0.717, 1.165) is 45.3 Å². The molecule has 4 rings (SSSR count). The summed E-state index contributed by atoms with van der Waals surface area (Å²) in [5.74, 6) is -0.745. The monoisotopic (exact) mass is 393 g/mol. The number of carbonyl (C=O) groups excluding carboxylic acids is 1. The highest BCUT2D eigenvalue weighted by molar-refractivity contribution is 6.00. The molecule has 0 aliphatic heterocycles. The summed E-state index contributed by atoms with van der Waals surface area (Å²) in [5.41, 5.74) is 11.8. The molecule has 6 heteroatoms. The molecule has 0 saturated carbocycles. The number of H-pyrrole nitrogens is 1. The number of aromatic nitrogens is 3. The van der Waals surface area contributed by atoms with Crippen molar-refractivity contribution < 1.29 is 4.79 Å². The lowest BCUT2D eigenvalue weighted by Crippen LogP contribution is -2.12. The van der Waals surface area contributed by atoms with Crippen molar-refractivity contribution in [2.24, 2.45) is 5.73 Å². The number of primary amides is 1. The van der Waals surface area contributed by atoms with E-state index in [2.05, 4.69) is 34.0 Å². The van der Waals surface area contributed by atoms with Gasteiger partial charge in [-0.2, -0.15) is 5.26 Å². The fraction of sp³-hybridized carbons (Fsp3) is 0.0833. The third-order valence-corrected chi connectivity index (χ3v) is 4.96. The van der Waals surface area contributed by atoms with Gasteiger partial charge in [0.25, 0.3) is 5.91 Å². The Morgan fingerprint density at radius 3 is 2.80 bits per heavy atom. The molecule has 0 unspecified atom stereocenters. The van der Waals surface area contributed by atoms with Crippen LogP contribution in [0.4, 0.5) is 0 Å². The van der Waals surface area contributed by atoms with E-state index in [1.165, 1.54) is 11.6 Å². The van der Waals surface area contributed by atoms with Gasteiger partial charge in [-0.25, -0.2) is 4.98 Å². The average molecular weight is 393 g/mol. The Hall–Kier alpha value is -4.24. The smallest absolute Gasteiger partial charge is 0.259 e. The average Bonchev–Trinajstić information content (AvgIpc) is 3.20. The van der Waals surface area contributed by atoms with Crippen LogP contribution in [0.1, 0.15) is 18.1 Å². The van der Waals surface area contributed by atoms with Crippen molar-refractivity contribution in [2.75, 3.05) is 0 Å². The quantitative estimate of drug-likeness (QED) is 0.390. The molecular formula is C24H19N5O. The van der Waals surface area contributed by atoms with E-state index < -0.39 is 5.91 Å². The number of carbonyl (C=O) groups is 1. The van der Waals surface area contributed by atoms with E-state index >= 15 is 0 Å². The normalized spacial score (nSPS) is 11.4. The lowest BCUT2D eigenvalue weighted by atomic mass is 10.0. The molecule has 1 amide bonds. The maximum atomic E-state index is 11.3. The first-order valence-corrected chi connectivity index (χ1v) is 9.52. The van der Waals surface area contributed by atoms with Crippen LogP contribution in [0.25, 0.3) is 39.4 Å². The highest BCUT2D eigenvalue weighted by Crippen LogP contribution is 2.31. The summed E-state index contributed by atoms with van der Waals surface area (Å²) in [6, 6.07) is 13.6. The third kappa shape index (κ3) is 3.69. The predicted octanol–water partition coefficient (Wildman–Crippen LogP) is 4.25. The van der Waals surface area contributed by atoms with Gasteiger partial charge in [-0.1, -0.05) is 25.1 Å². The lowest BCUT2D eigenvalue weighted by molar-refractivity contribution is -0.114. The zero-order chi connectivity index (χ0) is 21.1. The largest absolute Gasteiger partial charge is 0.365 e. The van der Waals surface area contributed by atoms with Crippen molar-refractivity contribution in [2.45, 2.75) is 13.3 Å². The summed E-state index contributed by atoms with van der Waals surface area (Å²) in [7, 11) is 0. The fourth-order valence-electron chi connectivity index (χ4n) is 3.36. The molecule has 4 aromatic rings. The van der Waals surface area contributed by atoms with E-state index in [1.807, 2.05) is 48.9 Å². The van der Waals surface area contributed by atoms with Gasteiger partial charge in [-0.3, -0.25) is 9.78 Å². The van der Waals surface area contributed by atoms with E-state index in [-0.39, 0.29) is 5.57 Å². The second-order valence-electron chi connectivity index (χ2n) is 6.92. The molecule has 3 heterocycles. The van der Waals surface area contributed by atoms with Gasteiger partial charge in [0.1, 0.15) is 17.3 Å². The summed E-state index contributed by atoms with van der Waals surface area (Å²) in [4.78, 5) is 23.5. The van der Waals surface area contributed by atoms with E-state index in [1.54, 1.807) is 6.20 Å². The van der Waals surface area contributed by atoms with Crippen LogP contribution in [0.3, 0.4) is 0 Å². The van der Waals surface area contributed by atoms with Gasteiger partial charge in [0.15, 0.2) is 0 Å². The van der Waals surface area contributed by atoms with Crippen LogP contribution in [0.2, 0.25) is 0 Å². The second kappa shape index (κ2) is 8.02. The van der Waals surface area contributed by atoms with E-state index in [4.69, 9.17) is 11.0 Å². The molecule has 0 aliphatic rings. The molecule has 0 radical (unpaired) electrons. The Bertz CT molecular complexity index is 1330. The topological polar surface area (TPSA) is 108 Å². The first kappa shape index (κ1) is 19.1. The number of aryl methyl sites for hydroxylation is 1. The van der Waals surface area contributed by atoms with Crippen LogP contribution in [-0.2, 0) is 11.2 Å². The molecule has 6 nitrogen and oxygen atoms in total. The van der Waals surface area contributed by atoms with Gasteiger partial charge >= 0.3 is 0 Å². The first-order valence-electron chi connectivity index (χ1n) is 9.52. The molecule has 1 aromatic carbocycles. The number of hydrogen-bond donors (Lipinski definition) is 2. The highest BCUT2D eigenvalue weighted by Gasteiger charge is 2.11. The molecule has 0 fully saturated rings. The maximum Gasteiger partial charge on any atom is 0.259 e. The van der Waals surface area contributed by atoms with Crippen molar-refractivity contribution >= 4 is 23.0 Å². The fourth-order valence-corrected chi connectivity index (χ4v) is 3.36. The van der Waals surface area contributed by atoms with Gasteiger partial charge in [-0.05, 0) is 47.4 Å². The SMILES string of the molecule is CCc1cncc(-c2c[nH]c3ncc(-c4cccc(/C=C(\C#N)C(N)=O)c4)cc23)c1. The molecule has 0 saturated heterocycles. The Labute approximate surface area is 173 Å². The summed E-state index contributed by atoms with van der Waals surface area (Å²) < 4.78 is 0. The number of amides is 1. The number of nitrogens with two attached hydrogens (primary N) is 1. The Morgan fingerprint density at radius 2 is 2.03 bits per heavy atom. The standard InChI is InChI=1S/C24H19N5O/c1-2-15-6-20(12-27-11-15)22-14-29-24-21(22)9-19(13-28-24)17-5-3-4-16(7-17)8-18(10-25)23(26)30/h3-9,11-14H,2H2,1H3,(H2,26,30)(H,28,29)/b18-8+. The van der Waals surface area contributed by atoms with Gasteiger partial charge in [-0.15, -0.1) is 0 Å². The molecule has 3 aromatic heterocycles. The predicted molar refractivity (Wildman–Crippen MR) is 117 cm³/mol. The second-order valence-corrected chi connectivity index (χ2v) is 6.92. The minimum Gasteiger partial charge on any atom is -0.365 e. The highest BCUT2D eigenvalue weighted by atomic mass is 16.1. The van der Waals surface area contributed by atoms with E-state index in [0.29, 0.717) is 0 Å². The van der Waals surface area contributed by atoms with Gasteiger partial charge < -0.3 is 10.7 Å².